The van der Waals surface area contributed by atoms with Crippen LogP contribution in [-0.4, -0.2) is 7.28 Å². The summed E-state index contributed by atoms with van der Waals surface area (Å²) >= 11 is 0. The third kappa shape index (κ3) is 5.09. The lowest BCUT2D eigenvalue weighted by Crippen LogP contribution is -2.15. The van der Waals surface area contributed by atoms with Gasteiger partial charge in [-0.3, -0.25) is 0 Å². The van der Waals surface area contributed by atoms with E-state index in [0.717, 1.165) is 23.5 Å². The van der Waals surface area contributed by atoms with E-state index in [4.69, 9.17) is 0 Å². The fraction of sp³-hybridized carbons (Fsp3) is 1.00. The molecule has 0 aromatic heterocycles. The predicted molar refractivity (Wildman–Crippen MR) is 70.6 cm³/mol. The van der Waals surface area contributed by atoms with Gasteiger partial charge in [-0.1, -0.05) is 77.9 Å². The summed E-state index contributed by atoms with van der Waals surface area (Å²) in [6.45, 7) is 9.42. The molecular weight excluding hydrogens is 179 g/mol. The second-order valence-corrected chi connectivity index (χ2v) is 6.06. The molecule has 1 aliphatic carbocycles. The molecule has 1 radical (unpaired) electrons. The molecule has 1 aliphatic rings. The van der Waals surface area contributed by atoms with E-state index in [1.165, 1.54) is 38.5 Å². The molecule has 0 spiro atoms. The van der Waals surface area contributed by atoms with Gasteiger partial charge in [-0.05, 0) is 11.8 Å². The second kappa shape index (κ2) is 6.61. The standard InChI is InChI=1S/C14H28B/c1-11(2)13-7-5-9-14(10-6-8-13)15-12(3)4/h11-14H,5-10H2,1-4H3. The van der Waals surface area contributed by atoms with Crippen molar-refractivity contribution in [2.45, 2.75) is 77.9 Å². The van der Waals surface area contributed by atoms with Crippen LogP contribution in [-0.2, 0) is 0 Å². The Morgan fingerprint density at radius 3 is 1.80 bits per heavy atom. The van der Waals surface area contributed by atoms with Crippen LogP contribution in [0.3, 0.4) is 0 Å². The fourth-order valence-corrected chi connectivity index (χ4v) is 2.98. The van der Waals surface area contributed by atoms with Crippen molar-refractivity contribution in [3.8, 4) is 0 Å². The molecule has 1 saturated carbocycles. The summed E-state index contributed by atoms with van der Waals surface area (Å²) in [7, 11) is 2.58. The highest BCUT2D eigenvalue weighted by molar-refractivity contribution is 6.39. The Hall–Kier alpha value is 0.0649. The van der Waals surface area contributed by atoms with Gasteiger partial charge in [0.05, 0.1) is 0 Å². The Balaban J connectivity index is 2.30. The van der Waals surface area contributed by atoms with Gasteiger partial charge in [-0.25, -0.2) is 0 Å². The highest BCUT2D eigenvalue weighted by atomic mass is 14.2. The quantitative estimate of drug-likeness (QED) is 0.575. The van der Waals surface area contributed by atoms with E-state index in [1.54, 1.807) is 0 Å². The van der Waals surface area contributed by atoms with Gasteiger partial charge in [0.15, 0.2) is 0 Å². The van der Waals surface area contributed by atoms with Gasteiger partial charge in [0.2, 0.25) is 0 Å². The van der Waals surface area contributed by atoms with Crippen LogP contribution in [0.2, 0.25) is 11.6 Å². The lowest BCUT2D eigenvalue weighted by molar-refractivity contribution is 0.297. The topological polar surface area (TPSA) is 0 Å². The first-order valence-electron chi connectivity index (χ1n) is 6.94. The minimum absolute atomic E-state index is 0.773. The molecule has 0 amide bonds. The molecule has 15 heavy (non-hydrogen) atoms. The van der Waals surface area contributed by atoms with Crippen molar-refractivity contribution in [2.24, 2.45) is 11.8 Å². The molecule has 1 rings (SSSR count). The SMILES string of the molecule is CC(C)[B]C1CCCC(C(C)C)CCC1. The van der Waals surface area contributed by atoms with Gasteiger partial charge < -0.3 is 0 Å². The van der Waals surface area contributed by atoms with E-state index < -0.39 is 0 Å². The molecule has 1 fully saturated rings. The highest BCUT2D eigenvalue weighted by Crippen LogP contribution is 2.33. The second-order valence-electron chi connectivity index (χ2n) is 6.06. The van der Waals surface area contributed by atoms with Gasteiger partial charge >= 0.3 is 0 Å². The van der Waals surface area contributed by atoms with E-state index in [0.29, 0.717) is 0 Å². The Labute approximate surface area is 97.5 Å². The molecular formula is C14H28B. The van der Waals surface area contributed by atoms with Gasteiger partial charge in [-0.2, -0.15) is 0 Å². The summed E-state index contributed by atoms with van der Waals surface area (Å²) in [6.07, 6.45) is 8.75. The van der Waals surface area contributed by atoms with Crippen LogP contribution in [0.4, 0.5) is 0 Å². The third-order valence-electron chi connectivity index (χ3n) is 3.90. The van der Waals surface area contributed by atoms with Crippen LogP contribution in [0.25, 0.3) is 0 Å². The predicted octanol–water partition coefficient (Wildman–Crippen LogP) is 4.93. The normalized spacial score (nSPS) is 28.9. The molecule has 0 aromatic rings. The molecule has 0 nitrogen and oxygen atoms in total. The number of hydrogen-bond acceptors (Lipinski definition) is 0. The lowest BCUT2D eigenvalue weighted by Gasteiger charge is -2.27. The molecule has 0 bridgehead atoms. The first-order chi connectivity index (χ1) is 7.09. The van der Waals surface area contributed by atoms with Crippen molar-refractivity contribution in [1.82, 2.24) is 0 Å². The first-order valence-corrected chi connectivity index (χ1v) is 6.94. The van der Waals surface area contributed by atoms with Crippen LogP contribution >= 0.6 is 0 Å². The van der Waals surface area contributed by atoms with Gasteiger partial charge in [0.1, 0.15) is 7.28 Å². The average molecular weight is 207 g/mol. The summed E-state index contributed by atoms with van der Waals surface area (Å²) in [5.41, 5.74) is 0. The molecule has 0 atom stereocenters. The maximum atomic E-state index is 2.58. The molecule has 0 saturated heterocycles. The van der Waals surface area contributed by atoms with Crippen LogP contribution < -0.4 is 0 Å². The zero-order chi connectivity index (χ0) is 11.3. The Morgan fingerprint density at radius 2 is 1.40 bits per heavy atom. The lowest BCUT2D eigenvalue weighted by atomic mass is 9.53. The maximum absolute atomic E-state index is 2.58. The molecule has 0 heterocycles. The van der Waals surface area contributed by atoms with Crippen LogP contribution in [0.1, 0.15) is 66.2 Å². The van der Waals surface area contributed by atoms with Gasteiger partial charge in [0.25, 0.3) is 0 Å². The van der Waals surface area contributed by atoms with E-state index in [2.05, 4.69) is 35.0 Å². The molecule has 87 valence electrons. The summed E-state index contributed by atoms with van der Waals surface area (Å²) in [5, 5.41) is 0. The smallest absolute Gasteiger partial charge is 0.0742 e. The monoisotopic (exact) mass is 207 g/mol. The van der Waals surface area contributed by atoms with Crippen LogP contribution in [0, 0.1) is 11.8 Å². The number of hydrogen-bond donors (Lipinski definition) is 0. The van der Waals surface area contributed by atoms with Crippen molar-refractivity contribution in [2.75, 3.05) is 0 Å². The van der Waals surface area contributed by atoms with E-state index in [-0.39, 0.29) is 0 Å². The van der Waals surface area contributed by atoms with Crippen molar-refractivity contribution in [3.63, 3.8) is 0 Å². The third-order valence-corrected chi connectivity index (χ3v) is 3.90. The van der Waals surface area contributed by atoms with Gasteiger partial charge in [-0.15, -0.1) is 0 Å². The van der Waals surface area contributed by atoms with E-state index >= 15 is 0 Å². The van der Waals surface area contributed by atoms with Crippen molar-refractivity contribution >= 4 is 7.28 Å². The summed E-state index contributed by atoms with van der Waals surface area (Å²) in [5.74, 6) is 3.59. The Bertz CT molecular complexity index is 153. The van der Waals surface area contributed by atoms with E-state index in [9.17, 15) is 0 Å². The fourth-order valence-electron chi connectivity index (χ4n) is 2.98. The van der Waals surface area contributed by atoms with Crippen molar-refractivity contribution in [1.29, 1.82) is 0 Å². The van der Waals surface area contributed by atoms with Gasteiger partial charge in [0, 0.05) is 0 Å². The minimum atomic E-state index is 0.773. The average Bonchev–Trinajstić information content (AvgIpc) is 2.07. The Morgan fingerprint density at radius 1 is 0.867 bits per heavy atom. The summed E-state index contributed by atoms with van der Waals surface area (Å²) < 4.78 is 0. The van der Waals surface area contributed by atoms with Crippen LogP contribution in [0.15, 0.2) is 0 Å². The molecule has 0 aliphatic heterocycles. The Kier molecular flexibility index (Phi) is 5.78. The highest BCUT2D eigenvalue weighted by Gasteiger charge is 2.19. The molecule has 0 unspecified atom stereocenters. The molecule has 1 heteroatoms. The van der Waals surface area contributed by atoms with Crippen molar-refractivity contribution in [3.05, 3.63) is 0 Å². The maximum Gasteiger partial charge on any atom is 0.117 e. The largest absolute Gasteiger partial charge is 0.117 e. The molecule has 0 aromatic carbocycles. The van der Waals surface area contributed by atoms with Crippen LogP contribution in [0.5, 0.6) is 0 Å². The molecule has 0 N–H and O–H groups in total. The first kappa shape index (κ1) is 13.1. The number of rotatable bonds is 3. The summed E-state index contributed by atoms with van der Waals surface area (Å²) in [6, 6.07) is 0. The zero-order valence-corrected chi connectivity index (χ0v) is 11.1. The summed E-state index contributed by atoms with van der Waals surface area (Å²) in [4.78, 5) is 0. The van der Waals surface area contributed by atoms with Crippen molar-refractivity contribution < 1.29 is 0 Å². The zero-order valence-electron chi connectivity index (χ0n) is 11.1. The van der Waals surface area contributed by atoms with E-state index in [1.807, 2.05) is 0 Å². The minimum Gasteiger partial charge on any atom is -0.0742 e.